The molecular weight excluding hydrogens is 562 g/mol. The molecule has 3 saturated carbocycles. The minimum atomic E-state index is -0.432. The first-order chi connectivity index (χ1) is 21.1. The molecule has 5 aliphatic carbocycles. The van der Waals surface area contributed by atoms with Crippen molar-refractivity contribution < 1.29 is 19.5 Å². The Balaban J connectivity index is 1.12. The number of ketones is 1. The smallest absolute Gasteiger partial charge is 0.311 e. The molecule has 2 amide bonds. The first kappa shape index (κ1) is 31.0. The fraction of sp³-hybridized carbons (Fsp3) is 0.711. The Kier molecular flexibility index (Phi) is 6.99. The molecular formula is C38H53N3O4. The summed E-state index contributed by atoms with van der Waals surface area (Å²) in [4.78, 5) is 43.9. The van der Waals surface area contributed by atoms with Gasteiger partial charge in [-0.05, 0) is 130 Å². The van der Waals surface area contributed by atoms with Crippen molar-refractivity contribution >= 4 is 17.6 Å². The number of allylic oxidation sites excluding steroid dienone is 7. The molecule has 7 rings (SSSR count). The van der Waals surface area contributed by atoms with Crippen molar-refractivity contribution in [2.75, 3.05) is 32.7 Å². The molecule has 0 radical (unpaired) electrons. The van der Waals surface area contributed by atoms with Gasteiger partial charge in [-0.1, -0.05) is 45.4 Å². The van der Waals surface area contributed by atoms with Gasteiger partial charge in [0, 0.05) is 36.2 Å². The molecule has 7 aliphatic rings. The summed E-state index contributed by atoms with van der Waals surface area (Å²) >= 11 is 0. The summed E-state index contributed by atoms with van der Waals surface area (Å²) in [6.07, 6.45) is 15.4. The lowest BCUT2D eigenvalue weighted by atomic mass is 9.35. The summed E-state index contributed by atoms with van der Waals surface area (Å²) in [5.74, 6) is -0.356. The molecule has 0 aromatic heterocycles. The van der Waals surface area contributed by atoms with E-state index in [1.165, 1.54) is 12.0 Å². The van der Waals surface area contributed by atoms with Crippen LogP contribution in [0.5, 0.6) is 0 Å². The third kappa shape index (κ3) is 4.49. The van der Waals surface area contributed by atoms with Gasteiger partial charge >= 0.3 is 11.8 Å². The van der Waals surface area contributed by atoms with Crippen molar-refractivity contribution in [3.05, 3.63) is 46.3 Å². The summed E-state index contributed by atoms with van der Waals surface area (Å²) < 4.78 is 0. The molecule has 2 heterocycles. The van der Waals surface area contributed by atoms with Crippen LogP contribution in [-0.4, -0.2) is 70.8 Å². The van der Waals surface area contributed by atoms with Crippen LogP contribution in [0.15, 0.2) is 46.3 Å². The average molecular weight is 616 g/mol. The van der Waals surface area contributed by atoms with Gasteiger partial charge in [-0.3, -0.25) is 14.4 Å². The van der Waals surface area contributed by atoms with Crippen LogP contribution in [0.3, 0.4) is 0 Å². The van der Waals surface area contributed by atoms with Crippen LogP contribution in [0, 0.1) is 33.5 Å². The molecule has 5 fully saturated rings. The number of rotatable bonds is 3. The SMILES string of the molecule is CC1=C(O)C(=O)C=C2C1=CC=C1[C@@]2(C)CC[C@@]2(C)C3C[C@](C)(NC(=O)C(=O)N4CC[C@H](CN5CCC5)C4)CC[C@]3(C)CC[C@]12C. The third-order valence-corrected chi connectivity index (χ3v) is 14.5. The monoisotopic (exact) mass is 615 g/mol. The van der Waals surface area contributed by atoms with Crippen molar-refractivity contribution in [3.63, 3.8) is 0 Å². The van der Waals surface area contributed by atoms with Gasteiger partial charge in [-0.2, -0.15) is 0 Å². The minimum absolute atomic E-state index is 0.00159. The zero-order chi connectivity index (χ0) is 32.2. The molecule has 2 N–H and O–H groups in total. The second-order valence-electron chi connectivity index (χ2n) is 17.1. The van der Waals surface area contributed by atoms with E-state index in [1.54, 1.807) is 11.0 Å². The Labute approximate surface area is 269 Å². The van der Waals surface area contributed by atoms with Crippen LogP contribution in [0.25, 0.3) is 0 Å². The van der Waals surface area contributed by atoms with Crippen molar-refractivity contribution in [3.8, 4) is 0 Å². The lowest BCUT2D eigenvalue weighted by Crippen LogP contribution is -2.64. The van der Waals surface area contributed by atoms with Crippen LogP contribution in [0.2, 0.25) is 0 Å². The maximum Gasteiger partial charge on any atom is 0.311 e. The van der Waals surface area contributed by atoms with E-state index in [1.807, 2.05) is 6.92 Å². The lowest BCUT2D eigenvalue weighted by Gasteiger charge is -2.70. The maximum atomic E-state index is 13.5. The molecule has 1 unspecified atom stereocenters. The van der Waals surface area contributed by atoms with Gasteiger partial charge in [0.2, 0.25) is 5.78 Å². The van der Waals surface area contributed by atoms with Gasteiger partial charge in [0.1, 0.15) is 0 Å². The number of nitrogens with zero attached hydrogens (tertiary/aromatic N) is 2. The molecule has 2 saturated heterocycles. The first-order valence-corrected chi connectivity index (χ1v) is 17.6. The zero-order valence-electron chi connectivity index (χ0n) is 28.4. The highest BCUT2D eigenvalue weighted by Crippen LogP contribution is 2.75. The number of hydrogen-bond donors (Lipinski definition) is 2. The van der Waals surface area contributed by atoms with E-state index in [2.05, 4.69) is 57.0 Å². The Morgan fingerprint density at radius 2 is 1.71 bits per heavy atom. The van der Waals surface area contributed by atoms with Crippen LogP contribution in [0.1, 0.15) is 99.3 Å². The molecule has 7 heteroatoms. The minimum Gasteiger partial charge on any atom is -0.504 e. The Morgan fingerprint density at radius 3 is 2.42 bits per heavy atom. The van der Waals surface area contributed by atoms with E-state index < -0.39 is 11.4 Å². The molecule has 0 aromatic rings. The number of hydrogen-bond acceptors (Lipinski definition) is 5. The van der Waals surface area contributed by atoms with Crippen LogP contribution < -0.4 is 5.32 Å². The summed E-state index contributed by atoms with van der Waals surface area (Å²) in [5, 5.41) is 13.7. The lowest BCUT2D eigenvalue weighted by molar-refractivity contribution is -0.159. The molecule has 45 heavy (non-hydrogen) atoms. The summed E-state index contributed by atoms with van der Waals surface area (Å²) in [6, 6.07) is 0. The number of nitrogens with one attached hydrogen (secondary N) is 1. The van der Waals surface area contributed by atoms with Crippen LogP contribution >= 0.6 is 0 Å². The van der Waals surface area contributed by atoms with Crippen molar-refractivity contribution in [2.24, 2.45) is 33.5 Å². The van der Waals surface area contributed by atoms with Gasteiger partial charge in [-0.25, -0.2) is 0 Å². The predicted molar refractivity (Wildman–Crippen MR) is 175 cm³/mol. The third-order valence-electron chi connectivity index (χ3n) is 14.5. The molecule has 7 nitrogen and oxygen atoms in total. The van der Waals surface area contributed by atoms with Crippen LogP contribution in [0.4, 0.5) is 0 Å². The molecule has 0 aromatic carbocycles. The first-order valence-electron chi connectivity index (χ1n) is 17.6. The second kappa shape index (κ2) is 10.2. The van der Waals surface area contributed by atoms with Crippen molar-refractivity contribution in [1.29, 1.82) is 0 Å². The number of likely N-dealkylation sites (tertiary alicyclic amines) is 2. The van der Waals surface area contributed by atoms with Crippen molar-refractivity contribution in [1.82, 2.24) is 15.1 Å². The summed E-state index contributed by atoms with van der Waals surface area (Å²) in [7, 11) is 0. The Hall–Kier alpha value is -2.67. The number of carbonyl (C=O) groups is 3. The number of fused-ring (bicyclic) bond motifs is 7. The van der Waals surface area contributed by atoms with Crippen LogP contribution in [-0.2, 0) is 14.4 Å². The van der Waals surface area contributed by atoms with Gasteiger partial charge < -0.3 is 20.2 Å². The molecule has 2 aliphatic heterocycles. The molecule has 244 valence electrons. The van der Waals surface area contributed by atoms with Gasteiger partial charge in [0.05, 0.1) is 0 Å². The topological polar surface area (TPSA) is 89.9 Å². The molecule has 0 bridgehead atoms. The predicted octanol–water partition coefficient (Wildman–Crippen LogP) is 6.04. The zero-order valence-corrected chi connectivity index (χ0v) is 28.4. The highest BCUT2D eigenvalue weighted by Gasteiger charge is 2.67. The van der Waals surface area contributed by atoms with E-state index in [-0.39, 0.29) is 39.1 Å². The highest BCUT2D eigenvalue weighted by molar-refractivity contribution is 6.35. The van der Waals surface area contributed by atoms with E-state index in [9.17, 15) is 19.5 Å². The number of aliphatic hydroxyl groups is 1. The van der Waals surface area contributed by atoms with Gasteiger partial charge in [0.25, 0.3) is 0 Å². The summed E-state index contributed by atoms with van der Waals surface area (Å²) in [6.45, 7) is 18.5. The van der Waals surface area contributed by atoms with E-state index >= 15 is 0 Å². The molecule has 7 atom stereocenters. The summed E-state index contributed by atoms with van der Waals surface area (Å²) in [5.41, 5.74) is 3.56. The quantitative estimate of drug-likeness (QED) is 0.378. The number of carbonyl (C=O) groups excluding carboxylic acids is 3. The van der Waals surface area contributed by atoms with E-state index in [0.29, 0.717) is 30.5 Å². The number of amides is 2. The van der Waals surface area contributed by atoms with Gasteiger partial charge in [0.15, 0.2) is 5.76 Å². The highest BCUT2D eigenvalue weighted by atomic mass is 16.3. The number of aliphatic hydroxyl groups excluding tert-OH is 1. The Morgan fingerprint density at radius 1 is 0.978 bits per heavy atom. The van der Waals surface area contributed by atoms with Gasteiger partial charge in [-0.15, -0.1) is 0 Å². The standard InChI is InChI=1S/C38H53N3O4/c1-24-26-8-9-29-36(4,27(26)20-28(42)31(24)43)14-16-38(6)30-21-35(3,13-11-34(30,2)12-15-37(29,38)5)39-32(44)33(45)41-19-10-25(23-41)22-40-17-7-18-40/h8-9,20,25,30,43H,7,10-19,21-23H2,1-6H3,(H,39,44)/t25-,30?,34-,35-,36+,37-,38+/m1/s1. The fourth-order valence-electron chi connectivity index (χ4n) is 11.1. The van der Waals surface area contributed by atoms with E-state index in [0.717, 1.165) is 82.1 Å². The largest absolute Gasteiger partial charge is 0.504 e. The second-order valence-corrected chi connectivity index (χ2v) is 17.1. The van der Waals surface area contributed by atoms with Crippen molar-refractivity contribution in [2.45, 2.75) is 105 Å². The average Bonchev–Trinajstić information content (AvgIpc) is 3.45. The fourth-order valence-corrected chi connectivity index (χ4v) is 11.1. The molecule has 0 spiro atoms. The normalized spacial score (nSPS) is 42.8. The van der Waals surface area contributed by atoms with E-state index in [4.69, 9.17) is 0 Å². The maximum absolute atomic E-state index is 13.5. The Bertz CT molecular complexity index is 1480.